The Morgan fingerprint density at radius 2 is 1.50 bits per heavy atom. The Morgan fingerprint density at radius 1 is 0.868 bits per heavy atom. The van der Waals surface area contributed by atoms with E-state index in [1.54, 1.807) is 34.9 Å². The maximum Gasteiger partial charge on any atom is 0.243 e. The molecule has 0 bridgehead atoms. The molecule has 7 heteroatoms. The lowest BCUT2D eigenvalue weighted by Gasteiger charge is -2.34. The Labute approximate surface area is 240 Å². The Hall–Kier alpha value is -2.47. The van der Waals surface area contributed by atoms with E-state index in [9.17, 15) is 9.59 Å². The van der Waals surface area contributed by atoms with Crippen molar-refractivity contribution < 1.29 is 9.59 Å². The van der Waals surface area contributed by atoms with Gasteiger partial charge in [-0.25, -0.2) is 0 Å². The van der Waals surface area contributed by atoms with Gasteiger partial charge in [0.15, 0.2) is 0 Å². The highest BCUT2D eigenvalue weighted by atomic mass is 35.5. The molecule has 2 amide bonds. The number of rotatable bonds is 11. The summed E-state index contributed by atoms with van der Waals surface area (Å²) in [6.45, 7) is 0.170. The second kappa shape index (κ2) is 14.6. The zero-order valence-corrected chi connectivity index (χ0v) is 23.8. The van der Waals surface area contributed by atoms with Gasteiger partial charge in [-0.3, -0.25) is 9.59 Å². The molecule has 0 unspecified atom stereocenters. The van der Waals surface area contributed by atoms with E-state index < -0.39 is 6.04 Å². The molecular formula is C31H34Cl2N2O2S. The van der Waals surface area contributed by atoms with Crippen LogP contribution in [0.3, 0.4) is 0 Å². The monoisotopic (exact) mass is 568 g/mol. The van der Waals surface area contributed by atoms with Crippen molar-refractivity contribution in [2.45, 2.75) is 68.5 Å². The number of carbonyl (C=O) groups is 2. The molecule has 0 aromatic heterocycles. The Kier molecular flexibility index (Phi) is 11.0. The van der Waals surface area contributed by atoms with Crippen LogP contribution in [0.4, 0.5) is 0 Å². The van der Waals surface area contributed by atoms with Gasteiger partial charge in [-0.05, 0) is 42.7 Å². The van der Waals surface area contributed by atoms with Gasteiger partial charge in [0.25, 0.3) is 0 Å². The first kappa shape index (κ1) is 28.5. The number of benzene rings is 3. The van der Waals surface area contributed by atoms with Crippen LogP contribution in [0.5, 0.6) is 0 Å². The number of hydrogen-bond acceptors (Lipinski definition) is 3. The van der Waals surface area contributed by atoms with Crippen molar-refractivity contribution in [2.75, 3.05) is 5.75 Å². The van der Waals surface area contributed by atoms with Crippen molar-refractivity contribution in [2.24, 2.45) is 0 Å². The molecule has 1 saturated carbocycles. The number of carbonyl (C=O) groups excluding carboxylic acids is 2. The molecule has 4 rings (SSSR count). The maximum atomic E-state index is 13.8. The van der Waals surface area contributed by atoms with Crippen molar-refractivity contribution in [1.82, 2.24) is 10.2 Å². The minimum Gasteiger partial charge on any atom is -0.352 e. The zero-order valence-electron chi connectivity index (χ0n) is 21.5. The molecule has 1 fully saturated rings. The number of nitrogens with one attached hydrogen (secondary N) is 1. The van der Waals surface area contributed by atoms with E-state index in [4.69, 9.17) is 23.2 Å². The first-order valence-corrected chi connectivity index (χ1v) is 15.0. The minimum atomic E-state index is -0.680. The summed E-state index contributed by atoms with van der Waals surface area (Å²) in [6, 6.07) is 24.7. The van der Waals surface area contributed by atoms with Gasteiger partial charge in [0, 0.05) is 51.7 Å². The summed E-state index contributed by atoms with van der Waals surface area (Å²) in [4.78, 5) is 30.5. The quantitative estimate of drug-likeness (QED) is 0.243. The largest absolute Gasteiger partial charge is 0.352 e. The molecule has 200 valence electrons. The zero-order chi connectivity index (χ0) is 26.7. The molecule has 1 atom stereocenters. The van der Waals surface area contributed by atoms with Crippen LogP contribution in [0.25, 0.3) is 0 Å². The molecule has 0 aliphatic heterocycles. The normalized spacial score (nSPS) is 14.6. The lowest BCUT2D eigenvalue weighted by Crippen LogP contribution is -2.53. The third-order valence-electron chi connectivity index (χ3n) is 6.94. The first-order valence-electron chi connectivity index (χ1n) is 13.3. The predicted octanol–water partition coefficient (Wildman–Crippen LogP) is 7.56. The van der Waals surface area contributed by atoms with E-state index >= 15 is 0 Å². The molecule has 4 nitrogen and oxygen atoms in total. The average Bonchev–Trinajstić information content (AvgIpc) is 2.93. The second-order valence-corrected chi connectivity index (χ2v) is 11.7. The van der Waals surface area contributed by atoms with Crippen molar-refractivity contribution in [1.29, 1.82) is 0 Å². The van der Waals surface area contributed by atoms with Gasteiger partial charge >= 0.3 is 0 Å². The van der Waals surface area contributed by atoms with Crippen molar-refractivity contribution >= 4 is 46.8 Å². The van der Waals surface area contributed by atoms with E-state index in [2.05, 4.69) is 5.32 Å². The minimum absolute atomic E-state index is 0.0934. The highest BCUT2D eigenvalue weighted by Gasteiger charge is 2.32. The van der Waals surface area contributed by atoms with Crippen LogP contribution in [0, 0.1) is 0 Å². The molecular weight excluding hydrogens is 535 g/mol. The third-order valence-corrected chi connectivity index (χ3v) is 8.66. The summed E-state index contributed by atoms with van der Waals surface area (Å²) >= 11 is 14.7. The van der Waals surface area contributed by atoms with Gasteiger partial charge in [-0.1, -0.05) is 97.1 Å². The van der Waals surface area contributed by atoms with E-state index in [1.807, 2.05) is 60.7 Å². The van der Waals surface area contributed by atoms with E-state index in [-0.39, 0.29) is 24.4 Å². The number of nitrogens with zero attached hydrogens (tertiary/aromatic N) is 1. The Morgan fingerprint density at radius 3 is 2.16 bits per heavy atom. The smallest absolute Gasteiger partial charge is 0.243 e. The summed E-state index contributed by atoms with van der Waals surface area (Å²) < 4.78 is 0. The van der Waals surface area contributed by atoms with Crippen LogP contribution >= 0.6 is 35.0 Å². The highest BCUT2D eigenvalue weighted by Crippen LogP contribution is 2.28. The third kappa shape index (κ3) is 8.26. The molecule has 0 heterocycles. The molecule has 1 aliphatic rings. The van der Waals surface area contributed by atoms with Crippen LogP contribution in [0.1, 0.15) is 49.7 Å². The standard InChI is InChI=1S/C31H34Cl2N2O2S/c32-27-17-10-18-28(33)26(27)22-35(30(36)19-20-38-25-15-8-3-9-16-25)29(21-23-11-4-1-5-12-23)31(37)34-24-13-6-2-7-14-24/h1,3-5,8-12,15-18,24,29H,2,6-7,13-14,19-22H2,(H,34,37)/t29-/m0/s1. The second-order valence-electron chi connectivity index (χ2n) is 9.68. The molecule has 0 radical (unpaired) electrons. The van der Waals surface area contributed by atoms with Gasteiger partial charge in [-0.2, -0.15) is 0 Å². The van der Waals surface area contributed by atoms with Crippen LogP contribution in [-0.4, -0.2) is 34.6 Å². The van der Waals surface area contributed by atoms with Crippen molar-refractivity contribution in [3.63, 3.8) is 0 Å². The predicted molar refractivity (Wildman–Crippen MR) is 158 cm³/mol. The van der Waals surface area contributed by atoms with Crippen molar-refractivity contribution in [3.8, 4) is 0 Å². The number of hydrogen-bond donors (Lipinski definition) is 1. The van der Waals surface area contributed by atoms with Crippen LogP contribution in [-0.2, 0) is 22.6 Å². The molecule has 0 spiro atoms. The summed E-state index contributed by atoms with van der Waals surface area (Å²) in [7, 11) is 0. The summed E-state index contributed by atoms with van der Waals surface area (Å²) in [5.41, 5.74) is 1.65. The van der Waals surface area contributed by atoms with Crippen LogP contribution in [0.15, 0.2) is 83.8 Å². The van der Waals surface area contributed by atoms with Gasteiger partial charge < -0.3 is 10.2 Å². The maximum absolute atomic E-state index is 13.8. The van der Waals surface area contributed by atoms with E-state index in [0.29, 0.717) is 34.2 Å². The number of halogens is 2. The highest BCUT2D eigenvalue weighted by molar-refractivity contribution is 7.99. The molecule has 1 N–H and O–H groups in total. The molecule has 38 heavy (non-hydrogen) atoms. The van der Waals surface area contributed by atoms with E-state index in [0.717, 1.165) is 36.1 Å². The first-order chi connectivity index (χ1) is 18.5. The fraction of sp³-hybridized carbons (Fsp3) is 0.355. The van der Waals surface area contributed by atoms with Crippen LogP contribution in [0.2, 0.25) is 10.0 Å². The molecule has 0 saturated heterocycles. The molecule has 1 aliphatic carbocycles. The van der Waals surface area contributed by atoms with Gasteiger partial charge in [-0.15, -0.1) is 11.8 Å². The Balaban J connectivity index is 1.60. The average molecular weight is 570 g/mol. The summed E-state index contributed by atoms with van der Waals surface area (Å²) in [5, 5.41) is 4.24. The lowest BCUT2D eigenvalue weighted by molar-refractivity contribution is -0.141. The van der Waals surface area contributed by atoms with Crippen LogP contribution < -0.4 is 5.32 Å². The SMILES string of the molecule is O=C(NC1CCCCC1)[C@H](Cc1ccccc1)N(Cc1c(Cl)cccc1Cl)C(=O)CCSc1ccccc1. The summed E-state index contributed by atoms with van der Waals surface area (Å²) in [6.07, 6.45) is 6.09. The number of amides is 2. The number of thioether (sulfide) groups is 1. The molecule has 3 aromatic carbocycles. The van der Waals surface area contributed by atoms with Gasteiger partial charge in [0.2, 0.25) is 11.8 Å². The van der Waals surface area contributed by atoms with Crippen molar-refractivity contribution in [3.05, 3.63) is 100 Å². The summed E-state index contributed by atoms with van der Waals surface area (Å²) in [5.74, 6) is 0.398. The lowest BCUT2D eigenvalue weighted by atomic mass is 9.94. The van der Waals surface area contributed by atoms with E-state index in [1.165, 1.54) is 6.42 Å². The topological polar surface area (TPSA) is 49.4 Å². The van der Waals surface area contributed by atoms with Gasteiger partial charge in [0.1, 0.15) is 6.04 Å². The fourth-order valence-electron chi connectivity index (χ4n) is 4.87. The molecule has 3 aromatic rings. The van der Waals surface area contributed by atoms with Gasteiger partial charge in [0.05, 0.1) is 0 Å². The fourth-order valence-corrected chi connectivity index (χ4v) is 6.25. The Bertz CT molecular complexity index is 1170.